The molecule has 0 radical (unpaired) electrons. The molecule has 2 saturated heterocycles. The monoisotopic (exact) mass is 807 g/mol. The summed E-state index contributed by atoms with van der Waals surface area (Å²) in [7, 11) is 1.43. The van der Waals surface area contributed by atoms with Crippen molar-refractivity contribution in [2.24, 2.45) is 5.92 Å². The predicted molar refractivity (Wildman–Crippen MR) is 237 cm³/mol. The minimum absolute atomic E-state index is 0.0342. The third-order valence-electron chi connectivity index (χ3n) is 12.8. The number of hydrogen-bond donors (Lipinski definition) is 4. The summed E-state index contributed by atoms with van der Waals surface area (Å²) in [4.78, 5) is 45.3. The lowest BCUT2D eigenvalue weighted by atomic mass is 9.92. The number of benzene rings is 4. The van der Waals surface area contributed by atoms with Gasteiger partial charge >= 0.3 is 12.2 Å². The number of H-pyrrole nitrogens is 2. The van der Waals surface area contributed by atoms with Crippen LogP contribution in [-0.2, 0) is 4.74 Å². The van der Waals surface area contributed by atoms with Crippen molar-refractivity contribution in [2.45, 2.75) is 95.8 Å². The Kier molecular flexibility index (Phi) is 12.3. The highest BCUT2D eigenvalue weighted by molar-refractivity contribution is 5.90. The molecule has 2 aromatic heterocycles. The number of aromatic nitrogens is 4. The number of fused-ring (bicyclic) bond motifs is 1. The summed E-state index contributed by atoms with van der Waals surface area (Å²) in [5.41, 5.74) is 7.37. The number of methoxy groups -OCH3 is 1. The number of nitrogens with one attached hydrogen (secondary N) is 3. The molecule has 8 rings (SSSR count). The normalized spacial score (nSPS) is 19.2. The highest BCUT2D eigenvalue weighted by Crippen LogP contribution is 2.41. The molecule has 4 N–H and O–H groups in total. The van der Waals surface area contributed by atoms with E-state index in [-0.39, 0.29) is 30.1 Å². The van der Waals surface area contributed by atoms with Gasteiger partial charge in [-0.2, -0.15) is 0 Å². The number of aromatic amines is 2. The summed E-state index contributed by atoms with van der Waals surface area (Å²) in [5.74, 6) is 2.10. The maximum atomic E-state index is 12.2. The van der Waals surface area contributed by atoms with Crippen LogP contribution in [0.1, 0.15) is 101 Å². The number of amides is 2. The molecule has 2 aliphatic heterocycles. The fourth-order valence-electron chi connectivity index (χ4n) is 9.39. The molecule has 2 fully saturated rings. The first-order chi connectivity index (χ1) is 29.2. The Hall–Kier alpha value is -5.94. The van der Waals surface area contributed by atoms with Crippen molar-refractivity contribution >= 4 is 23.0 Å². The Morgan fingerprint density at radius 3 is 2.15 bits per heavy atom. The molecule has 312 valence electrons. The van der Waals surface area contributed by atoms with Crippen LogP contribution in [0.25, 0.3) is 44.4 Å². The Balaban J connectivity index is 0.947. The standard InChI is InChI=1S/C49H57N7O4/c1-5-6-13-40(27-41(31(2)3)54-48(57)60-4)55-23-10-14-44(55)46-50-29-43(53-46)38-22-21-36-24-35(19-20-37(36)25-38)33-15-17-34(18-16-33)42-28-51-47(52-42)45-26-39(30-56(45)49(58)59)32-11-8-7-9-12-32/h7-9,11-12,15-22,24-25,28-29,31,39-41,44-45H,5-6,10,13-14,23,26-27,30H2,1-4H3,(H,50,53)(H,51,52)(H,54,57)(H,58,59). The van der Waals surface area contributed by atoms with Gasteiger partial charge in [-0.3, -0.25) is 9.80 Å². The molecule has 0 aliphatic carbocycles. The number of imidazole rings is 2. The molecule has 0 bridgehead atoms. The van der Waals surface area contributed by atoms with Crippen LogP contribution in [0.5, 0.6) is 0 Å². The number of ether oxygens (including phenoxy) is 1. The zero-order chi connectivity index (χ0) is 41.8. The predicted octanol–water partition coefficient (Wildman–Crippen LogP) is 11.0. The average Bonchev–Trinajstić information content (AvgIpc) is 4.11. The molecule has 2 aliphatic rings. The van der Waals surface area contributed by atoms with Crippen molar-refractivity contribution in [3.8, 4) is 33.6 Å². The zero-order valence-corrected chi connectivity index (χ0v) is 35.1. The lowest BCUT2D eigenvalue weighted by Gasteiger charge is -2.36. The second-order valence-corrected chi connectivity index (χ2v) is 16.9. The molecule has 2 amide bonds. The Morgan fingerprint density at radius 1 is 0.850 bits per heavy atom. The fraction of sp³-hybridized carbons (Fsp3) is 0.388. The van der Waals surface area contributed by atoms with Crippen molar-refractivity contribution in [1.82, 2.24) is 35.1 Å². The molecule has 11 nitrogen and oxygen atoms in total. The van der Waals surface area contributed by atoms with E-state index in [0.717, 1.165) is 101 Å². The number of carboxylic acid groups (broad SMARTS) is 1. The van der Waals surface area contributed by atoms with Gasteiger partial charge in [0.2, 0.25) is 0 Å². The van der Waals surface area contributed by atoms with Crippen molar-refractivity contribution in [3.05, 3.63) is 121 Å². The summed E-state index contributed by atoms with van der Waals surface area (Å²) in [6, 6.07) is 32.0. The number of likely N-dealkylation sites (tertiary alicyclic amines) is 2. The van der Waals surface area contributed by atoms with E-state index in [1.165, 1.54) is 12.0 Å². The maximum absolute atomic E-state index is 12.2. The summed E-state index contributed by atoms with van der Waals surface area (Å²) in [5, 5.41) is 15.4. The van der Waals surface area contributed by atoms with Gasteiger partial charge in [-0.15, -0.1) is 0 Å². The van der Waals surface area contributed by atoms with Crippen LogP contribution in [0.3, 0.4) is 0 Å². The Morgan fingerprint density at radius 2 is 1.48 bits per heavy atom. The van der Waals surface area contributed by atoms with Crippen LogP contribution in [0.2, 0.25) is 0 Å². The molecule has 0 spiro atoms. The quantitative estimate of drug-likeness (QED) is 0.0859. The molecule has 4 heterocycles. The number of nitrogens with zero attached hydrogens (tertiary/aromatic N) is 4. The summed E-state index contributed by atoms with van der Waals surface area (Å²) in [6.45, 7) is 8.03. The van der Waals surface area contributed by atoms with Gasteiger partial charge in [-0.25, -0.2) is 19.6 Å². The molecular formula is C49H57N7O4. The molecule has 5 atom stereocenters. The van der Waals surface area contributed by atoms with Crippen LogP contribution in [0.4, 0.5) is 9.59 Å². The molecule has 4 aromatic carbocycles. The SMILES string of the molecule is CCCCC(CC(NC(=O)OC)C(C)C)N1CCCC1c1ncc(-c2ccc3cc(-c4ccc(-c5cnc(C6CC(c7ccccc7)CN6C(=O)O)[nH]5)cc4)ccc3c2)[nH]1. The van der Waals surface area contributed by atoms with Gasteiger partial charge < -0.3 is 25.1 Å². The molecule has 60 heavy (non-hydrogen) atoms. The second kappa shape index (κ2) is 18.1. The summed E-state index contributed by atoms with van der Waals surface area (Å²) >= 11 is 0. The van der Waals surface area contributed by atoms with Gasteiger partial charge in [0.15, 0.2) is 0 Å². The smallest absolute Gasteiger partial charge is 0.407 e. The first kappa shape index (κ1) is 40.8. The van der Waals surface area contributed by atoms with Crippen LogP contribution in [0, 0.1) is 5.92 Å². The van der Waals surface area contributed by atoms with Gasteiger partial charge in [0.1, 0.15) is 11.6 Å². The third-order valence-corrected chi connectivity index (χ3v) is 12.8. The highest BCUT2D eigenvalue weighted by atomic mass is 16.5. The van der Waals surface area contributed by atoms with Gasteiger partial charge in [-0.1, -0.05) is 112 Å². The first-order valence-corrected chi connectivity index (χ1v) is 21.6. The van der Waals surface area contributed by atoms with Crippen molar-refractivity contribution in [2.75, 3.05) is 20.2 Å². The molecule has 11 heteroatoms. The zero-order valence-electron chi connectivity index (χ0n) is 35.1. The Labute approximate surface area is 352 Å². The van der Waals surface area contributed by atoms with Crippen LogP contribution in [0.15, 0.2) is 103 Å². The van der Waals surface area contributed by atoms with E-state index >= 15 is 0 Å². The maximum Gasteiger partial charge on any atom is 0.407 e. The van der Waals surface area contributed by atoms with E-state index in [0.29, 0.717) is 30.7 Å². The van der Waals surface area contributed by atoms with E-state index in [2.05, 4.69) is 119 Å². The topological polar surface area (TPSA) is 139 Å². The van der Waals surface area contributed by atoms with E-state index in [4.69, 9.17) is 9.72 Å². The lowest BCUT2D eigenvalue weighted by Crippen LogP contribution is -2.45. The minimum atomic E-state index is -0.926. The number of unbranched alkanes of at least 4 members (excludes halogenated alkanes) is 1. The Bertz CT molecular complexity index is 2390. The van der Waals surface area contributed by atoms with Crippen LogP contribution >= 0.6 is 0 Å². The second-order valence-electron chi connectivity index (χ2n) is 16.9. The van der Waals surface area contributed by atoms with Gasteiger partial charge in [0, 0.05) is 30.1 Å². The first-order valence-electron chi connectivity index (χ1n) is 21.6. The molecular weight excluding hydrogens is 751 g/mol. The lowest BCUT2D eigenvalue weighted by molar-refractivity contribution is 0.127. The van der Waals surface area contributed by atoms with Crippen molar-refractivity contribution in [3.63, 3.8) is 0 Å². The van der Waals surface area contributed by atoms with E-state index < -0.39 is 6.09 Å². The average molecular weight is 808 g/mol. The minimum Gasteiger partial charge on any atom is -0.465 e. The molecule has 0 saturated carbocycles. The van der Waals surface area contributed by atoms with Crippen molar-refractivity contribution < 1.29 is 19.4 Å². The van der Waals surface area contributed by atoms with Crippen molar-refractivity contribution in [1.29, 1.82) is 0 Å². The van der Waals surface area contributed by atoms with Crippen LogP contribution in [-0.4, -0.2) is 79.3 Å². The summed E-state index contributed by atoms with van der Waals surface area (Å²) in [6.07, 6.45) is 9.58. The van der Waals surface area contributed by atoms with Crippen LogP contribution < -0.4 is 5.32 Å². The highest BCUT2D eigenvalue weighted by Gasteiger charge is 2.39. The number of alkyl carbamates (subject to hydrolysis) is 1. The molecule has 5 unspecified atom stereocenters. The van der Waals surface area contributed by atoms with E-state index in [9.17, 15) is 14.7 Å². The van der Waals surface area contributed by atoms with Gasteiger partial charge in [0.05, 0.1) is 43.0 Å². The number of rotatable bonds is 14. The number of carbonyl (C=O) groups excluding carboxylic acids is 1. The van der Waals surface area contributed by atoms with E-state index in [1.54, 1.807) is 6.20 Å². The summed E-state index contributed by atoms with van der Waals surface area (Å²) < 4.78 is 4.96. The van der Waals surface area contributed by atoms with Gasteiger partial charge in [-0.05, 0) is 89.7 Å². The number of carbonyl (C=O) groups is 2. The third kappa shape index (κ3) is 8.82. The van der Waals surface area contributed by atoms with E-state index in [1.807, 2.05) is 24.4 Å². The molecule has 6 aromatic rings. The fourth-order valence-corrected chi connectivity index (χ4v) is 9.39. The largest absolute Gasteiger partial charge is 0.465 e. The van der Waals surface area contributed by atoms with Gasteiger partial charge in [0.25, 0.3) is 0 Å². The number of hydrogen-bond acceptors (Lipinski definition) is 6.